The third kappa shape index (κ3) is 2.53. The molecule has 0 bridgehead atoms. The number of nitrogens with zero attached hydrogens (tertiary/aromatic N) is 1. The van der Waals surface area contributed by atoms with Gasteiger partial charge in [0.1, 0.15) is 11.5 Å². The maximum atomic E-state index is 10.9. The van der Waals surface area contributed by atoms with E-state index in [4.69, 9.17) is 5.11 Å². The second kappa shape index (κ2) is 4.96. The number of anilines is 1. The maximum absolute atomic E-state index is 10.9. The van der Waals surface area contributed by atoms with E-state index in [2.05, 4.69) is 29.6 Å². The molecule has 0 radical (unpaired) electrons. The van der Waals surface area contributed by atoms with E-state index >= 15 is 0 Å². The minimum atomic E-state index is -0.916. The summed E-state index contributed by atoms with van der Waals surface area (Å²) in [5, 5.41) is 12.2. The van der Waals surface area contributed by atoms with E-state index in [1.165, 1.54) is 11.1 Å². The largest absolute Gasteiger partial charge is 0.477 e. The van der Waals surface area contributed by atoms with Gasteiger partial charge in [-0.15, -0.1) is 0 Å². The molecule has 0 aliphatic carbocycles. The highest BCUT2D eigenvalue weighted by Gasteiger charge is 2.10. The molecule has 0 saturated heterocycles. The number of hydrogen-bond acceptors (Lipinski definition) is 2. The third-order valence-electron chi connectivity index (χ3n) is 2.94. The zero-order chi connectivity index (χ0) is 13.1. The average Bonchev–Trinajstić information content (AvgIpc) is 2.70. The first kappa shape index (κ1) is 12.2. The molecule has 4 heteroatoms. The van der Waals surface area contributed by atoms with Gasteiger partial charge >= 0.3 is 5.97 Å². The minimum absolute atomic E-state index is 0.279. The average molecular weight is 244 g/mol. The highest BCUT2D eigenvalue weighted by Crippen LogP contribution is 2.14. The number of aryl methyl sites for hydroxylation is 1. The lowest BCUT2D eigenvalue weighted by atomic mass is 10.1. The van der Waals surface area contributed by atoms with Crippen LogP contribution in [0.3, 0.4) is 0 Å². The molecule has 2 N–H and O–H groups in total. The molecule has 2 aromatic rings. The quantitative estimate of drug-likeness (QED) is 0.869. The Hall–Kier alpha value is -2.23. The third-order valence-corrected chi connectivity index (χ3v) is 2.94. The number of aromatic nitrogens is 1. The van der Waals surface area contributed by atoms with Gasteiger partial charge in [0, 0.05) is 13.6 Å². The molecule has 1 aromatic heterocycles. The molecule has 1 heterocycles. The van der Waals surface area contributed by atoms with Gasteiger partial charge in [0.05, 0.1) is 0 Å². The van der Waals surface area contributed by atoms with Crippen molar-refractivity contribution >= 4 is 11.8 Å². The van der Waals surface area contributed by atoms with Crippen molar-refractivity contribution in [2.75, 3.05) is 5.32 Å². The van der Waals surface area contributed by atoms with Crippen LogP contribution in [-0.4, -0.2) is 15.6 Å². The Balaban J connectivity index is 2.06. The van der Waals surface area contributed by atoms with Gasteiger partial charge in [-0.05, 0) is 24.6 Å². The van der Waals surface area contributed by atoms with Crippen molar-refractivity contribution in [1.82, 2.24) is 4.57 Å². The van der Waals surface area contributed by atoms with Crippen LogP contribution in [0.25, 0.3) is 0 Å². The Kier molecular flexibility index (Phi) is 3.37. The monoisotopic (exact) mass is 244 g/mol. The van der Waals surface area contributed by atoms with Crippen LogP contribution in [0.5, 0.6) is 0 Å². The van der Waals surface area contributed by atoms with Crippen molar-refractivity contribution in [3.8, 4) is 0 Å². The molecule has 0 fully saturated rings. The fraction of sp³-hybridized carbons (Fsp3) is 0.214. The van der Waals surface area contributed by atoms with Crippen molar-refractivity contribution < 1.29 is 9.90 Å². The molecule has 2 rings (SSSR count). The van der Waals surface area contributed by atoms with Crippen LogP contribution < -0.4 is 5.32 Å². The minimum Gasteiger partial charge on any atom is -0.477 e. The topological polar surface area (TPSA) is 54.3 Å². The summed E-state index contributed by atoms with van der Waals surface area (Å²) in [5.74, 6) is -0.117. The second-order valence-electron chi connectivity index (χ2n) is 4.31. The molecule has 4 nitrogen and oxygen atoms in total. The highest BCUT2D eigenvalue weighted by atomic mass is 16.4. The van der Waals surface area contributed by atoms with E-state index in [1.54, 1.807) is 23.7 Å². The second-order valence-corrected chi connectivity index (χ2v) is 4.31. The molecule has 0 spiro atoms. The smallest absolute Gasteiger partial charge is 0.352 e. The number of benzene rings is 1. The maximum Gasteiger partial charge on any atom is 0.352 e. The van der Waals surface area contributed by atoms with E-state index in [0.29, 0.717) is 6.54 Å². The molecular weight excluding hydrogens is 228 g/mol. The van der Waals surface area contributed by atoms with Crippen LogP contribution >= 0.6 is 0 Å². The predicted molar refractivity (Wildman–Crippen MR) is 70.9 cm³/mol. The van der Waals surface area contributed by atoms with E-state index in [9.17, 15) is 4.79 Å². The Morgan fingerprint density at radius 3 is 2.44 bits per heavy atom. The lowest BCUT2D eigenvalue weighted by Gasteiger charge is -2.08. The molecular formula is C14H16N2O2. The van der Waals surface area contributed by atoms with Crippen molar-refractivity contribution in [3.63, 3.8) is 0 Å². The van der Waals surface area contributed by atoms with Crippen LogP contribution in [0, 0.1) is 6.92 Å². The van der Waals surface area contributed by atoms with Crippen molar-refractivity contribution in [1.29, 1.82) is 0 Å². The van der Waals surface area contributed by atoms with Crippen molar-refractivity contribution in [3.05, 3.63) is 53.2 Å². The summed E-state index contributed by atoms with van der Waals surface area (Å²) in [7, 11) is 1.74. The summed E-state index contributed by atoms with van der Waals surface area (Å²) in [6.07, 6.45) is 0. The fourth-order valence-electron chi connectivity index (χ4n) is 1.80. The SMILES string of the molecule is Cc1ccc(CNc2ccc(C(=O)O)n2C)cc1. The van der Waals surface area contributed by atoms with Gasteiger partial charge in [0.2, 0.25) is 0 Å². The van der Waals surface area contributed by atoms with Crippen LogP contribution in [0.4, 0.5) is 5.82 Å². The first-order valence-electron chi connectivity index (χ1n) is 5.76. The zero-order valence-electron chi connectivity index (χ0n) is 10.5. The van der Waals surface area contributed by atoms with Crippen LogP contribution in [0.15, 0.2) is 36.4 Å². The summed E-state index contributed by atoms with van der Waals surface area (Å²) < 4.78 is 1.64. The standard InChI is InChI=1S/C14H16N2O2/c1-10-3-5-11(6-4-10)9-15-13-8-7-12(14(17)18)16(13)2/h3-8,15H,9H2,1-2H3,(H,17,18). The fourth-order valence-corrected chi connectivity index (χ4v) is 1.80. The van der Waals surface area contributed by atoms with Gasteiger partial charge < -0.3 is 15.0 Å². The number of hydrogen-bond donors (Lipinski definition) is 2. The first-order chi connectivity index (χ1) is 8.58. The lowest BCUT2D eigenvalue weighted by Crippen LogP contribution is -2.08. The van der Waals surface area contributed by atoms with E-state index in [-0.39, 0.29) is 5.69 Å². The van der Waals surface area contributed by atoms with E-state index in [0.717, 1.165) is 5.82 Å². The van der Waals surface area contributed by atoms with Crippen LogP contribution in [0.2, 0.25) is 0 Å². The van der Waals surface area contributed by atoms with Gasteiger partial charge in [-0.3, -0.25) is 0 Å². The predicted octanol–water partition coefficient (Wildman–Crippen LogP) is 2.64. The molecule has 0 aliphatic heterocycles. The summed E-state index contributed by atoms with van der Waals surface area (Å²) in [6, 6.07) is 11.6. The lowest BCUT2D eigenvalue weighted by molar-refractivity contribution is 0.0687. The summed E-state index contributed by atoms with van der Waals surface area (Å²) in [4.78, 5) is 10.9. The van der Waals surface area contributed by atoms with Crippen molar-refractivity contribution in [2.45, 2.75) is 13.5 Å². The number of aromatic carboxylic acids is 1. The van der Waals surface area contributed by atoms with Gasteiger partial charge in [0.25, 0.3) is 0 Å². The van der Waals surface area contributed by atoms with Gasteiger partial charge in [-0.25, -0.2) is 4.79 Å². The van der Waals surface area contributed by atoms with Crippen LogP contribution in [0.1, 0.15) is 21.6 Å². The molecule has 0 amide bonds. The Morgan fingerprint density at radius 2 is 1.89 bits per heavy atom. The number of carbonyl (C=O) groups is 1. The number of rotatable bonds is 4. The molecule has 1 aromatic carbocycles. The van der Waals surface area contributed by atoms with Crippen LogP contribution in [-0.2, 0) is 13.6 Å². The van der Waals surface area contributed by atoms with Gasteiger partial charge in [-0.2, -0.15) is 0 Å². The highest BCUT2D eigenvalue weighted by molar-refractivity contribution is 5.86. The first-order valence-corrected chi connectivity index (χ1v) is 5.76. The molecule has 18 heavy (non-hydrogen) atoms. The zero-order valence-corrected chi connectivity index (χ0v) is 10.5. The normalized spacial score (nSPS) is 10.3. The van der Waals surface area contributed by atoms with E-state index in [1.807, 2.05) is 6.92 Å². The molecule has 0 saturated carbocycles. The molecule has 0 unspecified atom stereocenters. The molecule has 0 aliphatic rings. The number of carboxylic acid groups (broad SMARTS) is 1. The van der Waals surface area contributed by atoms with E-state index < -0.39 is 5.97 Å². The summed E-state index contributed by atoms with van der Waals surface area (Å²) in [6.45, 7) is 2.73. The Labute approximate surface area is 106 Å². The number of nitrogens with one attached hydrogen (secondary N) is 1. The summed E-state index contributed by atoms with van der Waals surface area (Å²) in [5.41, 5.74) is 2.67. The van der Waals surface area contributed by atoms with Gasteiger partial charge in [-0.1, -0.05) is 29.8 Å². The summed E-state index contributed by atoms with van der Waals surface area (Å²) >= 11 is 0. The van der Waals surface area contributed by atoms with Gasteiger partial charge in [0.15, 0.2) is 0 Å². The Bertz CT molecular complexity index is 556. The number of carboxylic acids is 1. The Morgan fingerprint density at radius 1 is 1.22 bits per heavy atom. The van der Waals surface area contributed by atoms with Crippen molar-refractivity contribution in [2.24, 2.45) is 7.05 Å². The molecule has 94 valence electrons. The molecule has 0 atom stereocenters.